The van der Waals surface area contributed by atoms with Crippen molar-refractivity contribution in [2.75, 3.05) is 31.2 Å². The highest BCUT2D eigenvalue weighted by Crippen LogP contribution is 2.24. The molecule has 2 aliphatic rings. The topological polar surface area (TPSA) is 58.6 Å². The molecule has 2 heterocycles. The van der Waals surface area contributed by atoms with Gasteiger partial charge in [-0.2, -0.15) is 0 Å². The van der Waals surface area contributed by atoms with Crippen molar-refractivity contribution in [3.8, 4) is 0 Å². The number of rotatable bonds is 5. The average Bonchev–Trinajstić information content (AvgIpc) is 2.63. The van der Waals surface area contributed by atoms with E-state index in [2.05, 4.69) is 5.32 Å². The van der Waals surface area contributed by atoms with Crippen LogP contribution in [-0.4, -0.2) is 54.0 Å². The second-order valence-corrected chi connectivity index (χ2v) is 7.23. The van der Waals surface area contributed by atoms with Crippen molar-refractivity contribution in [2.24, 2.45) is 0 Å². The highest BCUT2D eigenvalue weighted by atomic mass is 32.2. The van der Waals surface area contributed by atoms with Crippen LogP contribution >= 0.6 is 11.8 Å². The van der Waals surface area contributed by atoms with Crippen LogP contribution in [0.2, 0.25) is 0 Å². The van der Waals surface area contributed by atoms with E-state index in [-0.39, 0.29) is 17.9 Å². The molecule has 6 heteroatoms. The van der Waals surface area contributed by atoms with Crippen molar-refractivity contribution in [3.63, 3.8) is 0 Å². The minimum Gasteiger partial charge on any atom is -0.377 e. The summed E-state index contributed by atoms with van der Waals surface area (Å²) in [7, 11) is 0. The maximum absolute atomic E-state index is 12.7. The SMILES string of the molecule is O=C1NCCN(C(=O)CSC[C@H]2CCCCO2)[C@H]1c1ccccc1. The minimum atomic E-state index is -0.515. The van der Waals surface area contributed by atoms with Crippen molar-refractivity contribution in [1.29, 1.82) is 0 Å². The van der Waals surface area contributed by atoms with E-state index in [9.17, 15) is 9.59 Å². The number of thioether (sulfide) groups is 1. The number of nitrogens with one attached hydrogen (secondary N) is 1. The van der Waals surface area contributed by atoms with Crippen LogP contribution in [0.5, 0.6) is 0 Å². The van der Waals surface area contributed by atoms with E-state index in [0.717, 1.165) is 30.8 Å². The first-order valence-electron chi connectivity index (χ1n) is 8.57. The molecule has 2 saturated heterocycles. The molecule has 0 aromatic heterocycles. The highest BCUT2D eigenvalue weighted by Gasteiger charge is 2.34. The van der Waals surface area contributed by atoms with E-state index in [1.165, 1.54) is 6.42 Å². The first-order chi connectivity index (χ1) is 11.8. The van der Waals surface area contributed by atoms with Crippen molar-refractivity contribution >= 4 is 23.6 Å². The van der Waals surface area contributed by atoms with E-state index >= 15 is 0 Å². The molecular formula is C18H24N2O3S. The first kappa shape index (κ1) is 17.3. The number of hydrogen-bond acceptors (Lipinski definition) is 4. The maximum Gasteiger partial charge on any atom is 0.247 e. The Hall–Kier alpha value is -1.53. The molecule has 0 saturated carbocycles. The molecule has 2 atom stereocenters. The van der Waals surface area contributed by atoms with Gasteiger partial charge in [0.15, 0.2) is 0 Å². The van der Waals surface area contributed by atoms with Gasteiger partial charge in [-0.05, 0) is 24.8 Å². The van der Waals surface area contributed by atoms with Gasteiger partial charge in [-0.15, -0.1) is 11.8 Å². The summed E-state index contributed by atoms with van der Waals surface area (Å²) >= 11 is 1.61. The summed E-state index contributed by atoms with van der Waals surface area (Å²) in [5.41, 5.74) is 0.865. The molecule has 5 nitrogen and oxygen atoms in total. The van der Waals surface area contributed by atoms with Gasteiger partial charge in [-0.25, -0.2) is 0 Å². The molecule has 1 aromatic rings. The molecule has 0 spiro atoms. The van der Waals surface area contributed by atoms with Gasteiger partial charge in [0.05, 0.1) is 11.9 Å². The number of benzene rings is 1. The lowest BCUT2D eigenvalue weighted by Crippen LogP contribution is -2.52. The Balaban J connectivity index is 1.58. The molecule has 3 rings (SSSR count). The Morgan fingerprint density at radius 1 is 1.29 bits per heavy atom. The molecule has 1 aromatic carbocycles. The summed E-state index contributed by atoms with van der Waals surface area (Å²) in [4.78, 5) is 26.7. The number of nitrogens with zero attached hydrogens (tertiary/aromatic N) is 1. The Labute approximate surface area is 147 Å². The highest BCUT2D eigenvalue weighted by molar-refractivity contribution is 7.99. The number of carbonyl (C=O) groups is 2. The molecule has 0 unspecified atom stereocenters. The predicted molar refractivity (Wildman–Crippen MR) is 94.8 cm³/mol. The number of hydrogen-bond donors (Lipinski definition) is 1. The average molecular weight is 348 g/mol. The van der Waals surface area contributed by atoms with Crippen LogP contribution in [0.15, 0.2) is 30.3 Å². The van der Waals surface area contributed by atoms with Crippen LogP contribution in [0, 0.1) is 0 Å². The van der Waals surface area contributed by atoms with E-state index < -0.39 is 6.04 Å². The molecule has 130 valence electrons. The normalized spacial score (nSPS) is 24.5. The monoisotopic (exact) mass is 348 g/mol. The van der Waals surface area contributed by atoms with E-state index in [1.807, 2.05) is 30.3 Å². The summed E-state index contributed by atoms with van der Waals surface area (Å²) in [6.07, 6.45) is 3.70. The molecule has 1 N–H and O–H groups in total. The molecular weight excluding hydrogens is 324 g/mol. The Morgan fingerprint density at radius 3 is 2.88 bits per heavy atom. The van der Waals surface area contributed by atoms with E-state index in [1.54, 1.807) is 16.7 Å². The number of piperazine rings is 1. The van der Waals surface area contributed by atoms with Gasteiger partial charge < -0.3 is 15.0 Å². The van der Waals surface area contributed by atoms with Crippen LogP contribution in [-0.2, 0) is 14.3 Å². The molecule has 2 amide bonds. The lowest BCUT2D eigenvalue weighted by molar-refractivity contribution is -0.141. The second kappa shape index (κ2) is 8.53. The van der Waals surface area contributed by atoms with Gasteiger partial charge in [0.25, 0.3) is 0 Å². The summed E-state index contributed by atoms with van der Waals surface area (Å²) in [5, 5.41) is 2.86. The van der Waals surface area contributed by atoms with Gasteiger partial charge in [0.1, 0.15) is 6.04 Å². The molecule has 0 radical (unpaired) electrons. The molecule has 0 bridgehead atoms. The van der Waals surface area contributed by atoms with Crippen LogP contribution in [0.4, 0.5) is 0 Å². The third kappa shape index (κ3) is 4.30. The standard InChI is InChI=1S/C18H24N2O3S/c21-16(13-24-12-15-8-4-5-11-23-15)20-10-9-19-18(22)17(20)14-6-2-1-3-7-14/h1-3,6-7,15,17H,4-5,8-13H2,(H,19,22)/t15-,17+/m1/s1. The molecule has 24 heavy (non-hydrogen) atoms. The Kier molecular flexibility index (Phi) is 6.15. The zero-order chi connectivity index (χ0) is 16.8. The largest absolute Gasteiger partial charge is 0.377 e. The fourth-order valence-electron chi connectivity index (χ4n) is 3.20. The summed E-state index contributed by atoms with van der Waals surface area (Å²) < 4.78 is 5.70. The second-order valence-electron chi connectivity index (χ2n) is 6.20. The fourth-order valence-corrected chi connectivity index (χ4v) is 4.19. The van der Waals surface area contributed by atoms with Crippen molar-refractivity contribution in [2.45, 2.75) is 31.4 Å². The number of carbonyl (C=O) groups excluding carboxylic acids is 2. The lowest BCUT2D eigenvalue weighted by atomic mass is 10.0. The Morgan fingerprint density at radius 2 is 2.12 bits per heavy atom. The molecule has 0 aliphatic carbocycles. The van der Waals surface area contributed by atoms with Crippen LogP contribution in [0.3, 0.4) is 0 Å². The fraction of sp³-hybridized carbons (Fsp3) is 0.556. The van der Waals surface area contributed by atoms with E-state index in [0.29, 0.717) is 18.8 Å². The number of ether oxygens (including phenoxy) is 1. The maximum atomic E-state index is 12.7. The van der Waals surface area contributed by atoms with Crippen LogP contribution in [0.25, 0.3) is 0 Å². The first-order valence-corrected chi connectivity index (χ1v) is 9.72. The minimum absolute atomic E-state index is 0.0273. The van der Waals surface area contributed by atoms with Crippen LogP contribution < -0.4 is 5.32 Å². The lowest BCUT2D eigenvalue weighted by Gasteiger charge is -2.35. The molecule has 2 fully saturated rings. The predicted octanol–water partition coefficient (Wildman–Crippen LogP) is 1.99. The Bertz CT molecular complexity index is 561. The van der Waals surface area contributed by atoms with Gasteiger partial charge in [0, 0.05) is 25.4 Å². The third-order valence-corrected chi connectivity index (χ3v) is 5.51. The quantitative estimate of drug-likeness (QED) is 0.884. The van der Waals surface area contributed by atoms with Crippen molar-refractivity contribution in [3.05, 3.63) is 35.9 Å². The molecule has 2 aliphatic heterocycles. The van der Waals surface area contributed by atoms with Crippen LogP contribution in [0.1, 0.15) is 30.9 Å². The van der Waals surface area contributed by atoms with Gasteiger partial charge in [-0.3, -0.25) is 9.59 Å². The van der Waals surface area contributed by atoms with Crippen molar-refractivity contribution in [1.82, 2.24) is 10.2 Å². The van der Waals surface area contributed by atoms with Gasteiger partial charge in [-0.1, -0.05) is 30.3 Å². The van der Waals surface area contributed by atoms with Crippen molar-refractivity contribution < 1.29 is 14.3 Å². The summed E-state index contributed by atoms with van der Waals surface area (Å²) in [6, 6.07) is 9.00. The third-order valence-electron chi connectivity index (χ3n) is 4.45. The van der Waals surface area contributed by atoms with E-state index in [4.69, 9.17) is 4.74 Å². The van der Waals surface area contributed by atoms with Gasteiger partial charge in [0.2, 0.25) is 11.8 Å². The summed E-state index contributed by atoms with van der Waals surface area (Å²) in [6.45, 7) is 1.91. The zero-order valence-corrected chi connectivity index (χ0v) is 14.6. The smallest absolute Gasteiger partial charge is 0.247 e. The number of amides is 2. The summed E-state index contributed by atoms with van der Waals surface area (Å²) in [5.74, 6) is 1.18. The van der Waals surface area contributed by atoms with Gasteiger partial charge >= 0.3 is 0 Å². The zero-order valence-electron chi connectivity index (χ0n) is 13.8.